The fourth-order valence-corrected chi connectivity index (χ4v) is 6.69. The smallest absolute Gasteiger partial charge is 0.247 e. The minimum atomic E-state index is -3.66. The summed E-state index contributed by atoms with van der Waals surface area (Å²) in [6.07, 6.45) is 1.36. The number of anilines is 2. The molecule has 3 aromatic carbocycles. The molecule has 1 heterocycles. The molecule has 4 N–H and O–H groups in total. The third-order valence-corrected chi connectivity index (χ3v) is 9.69. The average molecular weight is 649 g/mol. The van der Waals surface area contributed by atoms with Crippen LogP contribution in [-0.2, 0) is 32.2 Å². The van der Waals surface area contributed by atoms with Crippen LogP contribution in [0.3, 0.4) is 0 Å². The summed E-state index contributed by atoms with van der Waals surface area (Å²) in [7, 11) is -3.66. The maximum Gasteiger partial charge on any atom is 0.247 e. The molecule has 12 heteroatoms. The summed E-state index contributed by atoms with van der Waals surface area (Å²) < 4.78 is 61.4. The van der Waals surface area contributed by atoms with Gasteiger partial charge >= 0.3 is 0 Å². The highest BCUT2D eigenvalue weighted by Gasteiger charge is 2.44. The van der Waals surface area contributed by atoms with Gasteiger partial charge in [-0.25, -0.2) is 17.2 Å². The number of amides is 1. The molecular weight excluding hydrogens is 610 g/mol. The van der Waals surface area contributed by atoms with Crippen LogP contribution in [-0.4, -0.2) is 63.3 Å². The fraction of sp³-hybridized carbons (Fsp3) is 0.406. The first-order valence-corrected chi connectivity index (χ1v) is 16.8. The Hall–Kier alpha value is -3.09. The number of carbonyl (C=O) groups is 1. The summed E-state index contributed by atoms with van der Waals surface area (Å²) in [6.45, 7) is 4.80. The van der Waals surface area contributed by atoms with Crippen LogP contribution >= 0.6 is 11.6 Å². The zero-order valence-corrected chi connectivity index (χ0v) is 26.6. The van der Waals surface area contributed by atoms with Crippen molar-refractivity contribution in [3.63, 3.8) is 0 Å². The molecule has 44 heavy (non-hydrogen) atoms. The van der Waals surface area contributed by atoms with Crippen LogP contribution in [0, 0.1) is 11.6 Å². The lowest BCUT2D eigenvalue weighted by Gasteiger charge is -2.41. The monoisotopic (exact) mass is 648 g/mol. The molecule has 0 unspecified atom stereocenters. The van der Waals surface area contributed by atoms with Crippen LogP contribution in [0.15, 0.2) is 66.7 Å². The number of rotatable bonds is 13. The molecular formula is C32H39ClF2N4O4S. The molecule has 0 aromatic heterocycles. The Morgan fingerprint density at radius 3 is 2.57 bits per heavy atom. The highest BCUT2D eigenvalue weighted by Crippen LogP contribution is 2.29. The molecule has 1 aliphatic heterocycles. The standard InChI is InChI=1S/C32H39ClF2N4O4S/c1-21(2)43-19-26-18-36-20-32(39-26,44(3,41)42)14-13-27-28(35)11-6-12-29(27)38-30(16-22-7-4-9-24(34)15-22)31(40)37-25-10-5-8-23(33)17-25/h4-12,15,17,21,26,30,36,38-39H,13-14,16,18-20H2,1-3H3,(H,37,40)/t26-,30+,32+/m1/s1. The molecule has 4 rings (SSSR count). The molecule has 238 valence electrons. The van der Waals surface area contributed by atoms with E-state index in [1.54, 1.807) is 42.5 Å². The first-order chi connectivity index (χ1) is 20.8. The van der Waals surface area contributed by atoms with Gasteiger partial charge in [-0.05, 0) is 74.7 Å². The Balaban J connectivity index is 1.60. The van der Waals surface area contributed by atoms with Crippen molar-refractivity contribution in [2.24, 2.45) is 0 Å². The summed E-state index contributed by atoms with van der Waals surface area (Å²) in [5, 5.41) is 12.9. The second-order valence-electron chi connectivity index (χ2n) is 11.4. The van der Waals surface area contributed by atoms with Crippen LogP contribution in [0.2, 0.25) is 5.02 Å². The van der Waals surface area contributed by atoms with Gasteiger partial charge < -0.3 is 20.7 Å². The third kappa shape index (κ3) is 8.98. The summed E-state index contributed by atoms with van der Waals surface area (Å²) in [6, 6.07) is 15.8. The predicted molar refractivity (Wildman–Crippen MR) is 171 cm³/mol. The van der Waals surface area contributed by atoms with Gasteiger partial charge in [0.25, 0.3) is 0 Å². The van der Waals surface area contributed by atoms with E-state index in [0.29, 0.717) is 35.1 Å². The van der Waals surface area contributed by atoms with E-state index in [-0.39, 0.29) is 43.5 Å². The molecule has 1 fully saturated rings. The molecule has 3 aromatic rings. The van der Waals surface area contributed by atoms with E-state index in [1.165, 1.54) is 30.5 Å². The van der Waals surface area contributed by atoms with Crippen molar-refractivity contribution in [3.8, 4) is 0 Å². The second kappa shape index (κ2) is 14.8. The lowest BCUT2D eigenvalue weighted by molar-refractivity contribution is -0.116. The van der Waals surface area contributed by atoms with E-state index in [1.807, 2.05) is 13.8 Å². The first kappa shape index (κ1) is 33.8. The first-order valence-electron chi connectivity index (χ1n) is 14.5. The van der Waals surface area contributed by atoms with Crippen LogP contribution in [0.4, 0.5) is 20.2 Å². The summed E-state index contributed by atoms with van der Waals surface area (Å²) in [5.41, 5.74) is 1.59. The number of ether oxygens (including phenoxy) is 1. The highest BCUT2D eigenvalue weighted by molar-refractivity contribution is 7.92. The Kier molecular flexibility index (Phi) is 11.4. The molecule has 1 saturated heterocycles. The second-order valence-corrected chi connectivity index (χ2v) is 14.2. The number of hydrogen-bond donors (Lipinski definition) is 4. The van der Waals surface area contributed by atoms with Crippen molar-refractivity contribution in [1.82, 2.24) is 10.6 Å². The Morgan fingerprint density at radius 2 is 1.86 bits per heavy atom. The zero-order valence-electron chi connectivity index (χ0n) is 25.0. The number of hydrogen-bond acceptors (Lipinski definition) is 7. The Morgan fingerprint density at radius 1 is 1.11 bits per heavy atom. The summed E-state index contributed by atoms with van der Waals surface area (Å²) in [5.74, 6) is -1.42. The van der Waals surface area contributed by atoms with Crippen molar-refractivity contribution in [2.75, 3.05) is 36.6 Å². The lowest BCUT2D eigenvalue weighted by atomic mass is 9.98. The fourth-order valence-electron chi connectivity index (χ4n) is 5.28. The van der Waals surface area contributed by atoms with E-state index in [9.17, 15) is 17.6 Å². The van der Waals surface area contributed by atoms with Crippen molar-refractivity contribution < 1.29 is 26.7 Å². The summed E-state index contributed by atoms with van der Waals surface area (Å²) in [4.78, 5) is 12.2. The van der Waals surface area contributed by atoms with Crippen LogP contribution in [0.1, 0.15) is 31.4 Å². The predicted octanol–water partition coefficient (Wildman–Crippen LogP) is 4.94. The van der Waals surface area contributed by atoms with Crippen molar-refractivity contribution in [2.45, 2.75) is 56.2 Å². The number of benzene rings is 3. The van der Waals surface area contributed by atoms with Gasteiger partial charge in [0.05, 0.1) is 12.7 Å². The van der Waals surface area contributed by atoms with Gasteiger partial charge in [-0.2, -0.15) is 0 Å². The van der Waals surface area contributed by atoms with E-state index in [0.717, 1.165) is 0 Å². The van der Waals surface area contributed by atoms with Crippen LogP contribution < -0.4 is 21.3 Å². The normalized spacial score (nSPS) is 19.5. The van der Waals surface area contributed by atoms with Gasteiger partial charge in [0.2, 0.25) is 5.91 Å². The van der Waals surface area contributed by atoms with Crippen LogP contribution in [0.25, 0.3) is 0 Å². The topological polar surface area (TPSA) is 109 Å². The number of halogens is 3. The zero-order chi connectivity index (χ0) is 31.9. The van der Waals surface area contributed by atoms with Crippen molar-refractivity contribution in [3.05, 3.63) is 94.5 Å². The molecule has 0 bridgehead atoms. The molecule has 0 saturated carbocycles. The largest absolute Gasteiger partial charge is 0.377 e. The van der Waals surface area contributed by atoms with Gasteiger partial charge in [0, 0.05) is 53.8 Å². The maximum absolute atomic E-state index is 15.4. The van der Waals surface area contributed by atoms with Gasteiger partial charge in [0.1, 0.15) is 22.5 Å². The number of nitrogens with one attached hydrogen (secondary N) is 4. The molecule has 8 nitrogen and oxygen atoms in total. The number of sulfone groups is 1. The van der Waals surface area contributed by atoms with E-state index < -0.39 is 38.3 Å². The Labute approximate surface area is 262 Å². The molecule has 0 radical (unpaired) electrons. The minimum absolute atomic E-state index is 0.0187. The van der Waals surface area contributed by atoms with E-state index in [4.69, 9.17) is 16.3 Å². The highest BCUT2D eigenvalue weighted by atomic mass is 35.5. The molecule has 1 aliphatic rings. The SMILES string of the molecule is CC(C)OC[C@H]1CNC[C@](CCc2c(F)cccc2N[C@@H](Cc2cccc(F)c2)C(=O)Nc2cccc(Cl)c2)(S(C)(=O)=O)N1. The number of piperazine rings is 1. The average Bonchev–Trinajstić information content (AvgIpc) is 2.95. The van der Waals surface area contributed by atoms with Crippen molar-refractivity contribution in [1.29, 1.82) is 0 Å². The molecule has 0 aliphatic carbocycles. The number of carbonyl (C=O) groups excluding carboxylic acids is 1. The molecule has 1 amide bonds. The van der Waals surface area contributed by atoms with Gasteiger partial charge in [-0.15, -0.1) is 0 Å². The minimum Gasteiger partial charge on any atom is -0.377 e. The third-order valence-electron chi connectivity index (χ3n) is 7.57. The van der Waals surface area contributed by atoms with Crippen LogP contribution in [0.5, 0.6) is 0 Å². The lowest BCUT2D eigenvalue weighted by Crippen LogP contribution is -2.68. The Bertz CT molecular complexity index is 1560. The van der Waals surface area contributed by atoms with E-state index in [2.05, 4.69) is 21.3 Å². The van der Waals surface area contributed by atoms with E-state index >= 15 is 4.39 Å². The molecule has 3 atom stereocenters. The molecule has 0 spiro atoms. The van der Waals surface area contributed by atoms with Gasteiger partial charge in [-0.1, -0.05) is 35.9 Å². The van der Waals surface area contributed by atoms with Gasteiger partial charge in [0.15, 0.2) is 9.84 Å². The van der Waals surface area contributed by atoms with Crippen molar-refractivity contribution >= 4 is 38.7 Å². The quantitative estimate of drug-likeness (QED) is 0.208. The van der Waals surface area contributed by atoms with Gasteiger partial charge in [-0.3, -0.25) is 10.1 Å². The maximum atomic E-state index is 15.4. The summed E-state index contributed by atoms with van der Waals surface area (Å²) >= 11 is 6.10.